The first-order valence-corrected chi connectivity index (χ1v) is 7.67. The topological polar surface area (TPSA) is 62.3 Å². The van der Waals surface area contributed by atoms with Crippen LogP contribution in [0, 0.1) is 5.92 Å². The quantitative estimate of drug-likeness (QED) is 0.944. The van der Waals surface area contributed by atoms with Crippen LogP contribution in [-0.2, 0) is 11.3 Å². The zero-order valence-corrected chi connectivity index (χ0v) is 13.2. The molecule has 1 N–H and O–H groups in total. The third kappa shape index (κ3) is 2.95. The van der Waals surface area contributed by atoms with E-state index in [2.05, 4.69) is 10.3 Å². The second kappa shape index (κ2) is 6.20. The SMILES string of the molecule is CC(C)C(C(=O)Nc1cccnc1)N1Cc2ccccc2C1=O. The van der Waals surface area contributed by atoms with Crippen LogP contribution in [-0.4, -0.2) is 27.7 Å². The summed E-state index contributed by atoms with van der Waals surface area (Å²) in [5.41, 5.74) is 2.29. The summed E-state index contributed by atoms with van der Waals surface area (Å²) in [6.07, 6.45) is 3.24. The number of rotatable bonds is 4. The lowest BCUT2D eigenvalue weighted by atomic mass is 10.0. The minimum absolute atomic E-state index is 0.00457. The maximum absolute atomic E-state index is 12.7. The number of benzene rings is 1. The Bertz CT molecular complexity index is 728. The molecule has 0 saturated carbocycles. The van der Waals surface area contributed by atoms with Crippen molar-refractivity contribution in [3.05, 3.63) is 59.9 Å². The van der Waals surface area contributed by atoms with E-state index in [1.807, 2.05) is 38.1 Å². The van der Waals surface area contributed by atoms with Crippen LogP contribution < -0.4 is 5.32 Å². The third-order valence-corrected chi connectivity index (χ3v) is 4.01. The highest BCUT2D eigenvalue weighted by atomic mass is 16.2. The second-order valence-electron chi connectivity index (χ2n) is 6.01. The summed E-state index contributed by atoms with van der Waals surface area (Å²) in [4.78, 5) is 31.0. The van der Waals surface area contributed by atoms with Crippen LogP contribution in [0.25, 0.3) is 0 Å². The maximum Gasteiger partial charge on any atom is 0.255 e. The second-order valence-corrected chi connectivity index (χ2v) is 6.01. The van der Waals surface area contributed by atoms with Gasteiger partial charge in [-0.2, -0.15) is 0 Å². The van der Waals surface area contributed by atoms with Crippen molar-refractivity contribution in [2.75, 3.05) is 5.32 Å². The van der Waals surface area contributed by atoms with Gasteiger partial charge >= 0.3 is 0 Å². The Morgan fingerprint density at radius 1 is 1.22 bits per heavy atom. The van der Waals surface area contributed by atoms with Crippen molar-refractivity contribution in [1.29, 1.82) is 0 Å². The fraction of sp³-hybridized carbons (Fsp3) is 0.278. The number of pyridine rings is 1. The van der Waals surface area contributed by atoms with Gasteiger partial charge in [-0.05, 0) is 29.7 Å². The predicted molar refractivity (Wildman–Crippen MR) is 87.8 cm³/mol. The van der Waals surface area contributed by atoms with Crippen molar-refractivity contribution < 1.29 is 9.59 Å². The molecule has 1 aliphatic rings. The molecule has 23 heavy (non-hydrogen) atoms. The van der Waals surface area contributed by atoms with Crippen LogP contribution in [0.5, 0.6) is 0 Å². The van der Waals surface area contributed by atoms with Gasteiger partial charge in [-0.1, -0.05) is 32.0 Å². The van der Waals surface area contributed by atoms with Crippen LogP contribution in [0.3, 0.4) is 0 Å². The van der Waals surface area contributed by atoms with Gasteiger partial charge in [-0.25, -0.2) is 0 Å². The molecule has 1 aromatic carbocycles. The molecule has 5 nitrogen and oxygen atoms in total. The van der Waals surface area contributed by atoms with E-state index in [0.717, 1.165) is 5.56 Å². The fourth-order valence-electron chi connectivity index (χ4n) is 2.96. The lowest BCUT2D eigenvalue weighted by molar-refractivity contribution is -0.122. The molecular formula is C18H19N3O2. The average Bonchev–Trinajstić information content (AvgIpc) is 2.85. The molecule has 1 aliphatic heterocycles. The molecule has 0 radical (unpaired) electrons. The van der Waals surface area contributed by atoms with Gasteiger partial charge in [-0.3, -0.25) is 14.6 Å². The Kier molecular flexibility index (Phi) is 4.10. The van der Waals surface area contributed by atoms with Crippen LogP contribution >= 0.6 is 0 Å². The number of carbonyl (C=O) groups excluding carboxylic acids is 2. The van der Waals surface area contributed by atoms with Crippen molar-refractivity contribution in [3.63, 3.8) is 0 Å². The number of nitrogens with zero attached hydrogens (tertiary/aromatic N) is 2. The number of amides is 2. The minimum atomic E-state index is -0.518. The van der Waals surface area contributed by atoms with E-state index in [9.17, 15) is 9.59 Å². The number of carbonyl (C=O) groups is 2. The van der Waals surface area contributed by atoms with Crippen LogP contribution in [0.15, 0.2) is 48.8 Å². The van der Waals surface area contributed by atoms with Crippen LogP contribution in [0.1, 0.15) is 29.8 Å². The van der Waals surface area contributed by atoms with Gasteiger partial charge in [0.1, 0.15) is 6.04 Å². The van der Waals surface area contributed by atoms with Gasteiger partial charge in [0.15, 0.2) is 0 Å². The average molecular weight is 309 g/mol. The molecule has 2 aromatic rings. The summed E-state index contributed by atoms with van der Waals surface area (Å²) in [6, 6.07) is 10.5. The molecule has 0 spiro atoms. The molecular weight excluding hydrogens is 290 g/mol. The Morgan fingerprint density at radius 2 is 2.00 bits per heavy atom. The van der Waals surface area contributed by atoms with Gasteiger partial charge < -0.3 is 10.2 Å². The molecule has 2 heterocycles. The highest BCUT2D eigenvalue weighted by Gasteiger charge is 2.37. The maximum atomic E-state index is 12.7. The molecule has 118 valence electrons. The van der Waals surface area contributed by atoms with Crippen molar-refractivity contribution in [2.24, 2.45) is 5.92 Å². The highest BCUT2D eigenvalue weighted by Crippen LogP contribution is 2.27. The normalized spacial score (nSPS) is 14.7. The molecule has 5 heteroatoms. The monoisotopic (exact) mass is 309 g/mol. The summed E-state index contributed by atoms with van der Waals surface area (Å²) in [7, 11) is 0. The van der Waals surface area contributed by atoms with Crippen molar-refractivity contribution in [1.82, 2.24) is 9.88 Å². The van der Waals surface area contributed by atoms with Crippen LogP contribution in [0.2, 0.25) is 0 Å². The molecule has 1 unspecified atom stereocenters. The molecule has 0 saturated heterocycles. The largest absolute Gasteiger partial charge is 0.323 e. The summed E-state index contributed by atoms with van der Waals surface area (Å²) >= 11 is 0. The summed E-state index contributed by atoms with van der Waals surface area (Å²) in [6.45, 7) is 4.37. The summed E-state index contributed by atoms with van der Waals surface area (Å²) in [5.74, 6) is -0.264. The van der Waals surface area contributed by atoms with Crippen molar-refractivity contribution in [3.8, 4) is 0 Å². The molecule has 2 amide bonds. The third-order valence-electron chi connectivity index (χ3n) is 4.01. The Hall–Kier alpha value is -2.69. The van der Waals surface area contributed by atoms with Crippen molar-refractivity contribution in [2.45, 2.75) is 26.4 Å². The minimum Gasteiger partial charge on any atom is -0.323 e. The van der Waals surface area contributed by atoms with E-state index in [4.69, 9.17) is 0 Å². The molecule has 3 rings (SSSR count). The Labute approximate surface area is 135 Å². The van der Waals surface area contributed by atoms with Gasteiger partial charge in [-0.15, -0.1) is 0 Å². The summed E-state index contributed by atoms with van der Waals surface area (Å²) in [5, 5.41) is 2.85. The lowest BCUT2D eigenvalue weighted by Gasteiger charge is -2.29. The summed E-state index contributed by atoms with van der Waals surface area (Å²) < 4.78 is 0. The number of nitrogens with one attached hydrogen (secondary N) is 1. The van der Waals surface area contributed by atoms with E-state index >= 15 is 0 Å². The van der Waals surface area contributed by atoms with E-state index < -0.39 is 6.04 Å². The zero-order valence-electron chi connectivity index (χ0n) is 13.2. The molecule has 0 bridgehead atoms. The van der Waals surface area contributed by atoms with Gasteiger partial charge in [0.2, 0.25) is 5.91 Å². The number of hydrogen-bond donors (Lipinski definition) is 1. The number of hydrogen-bond acceptors (Lipinski definition) is 3. The molecule has 1 atom stereocenters. The van der Waals surface area contributed by atoms with E-state index in [-0.39, 0.29) is 17.7 Å². The van der Waals surface area contributed by atoms with Crippen LogP contribution in [0.4, 0.5) is 5.69 Å². The van der Waals surface area contributed by atoms with E-state index in [1.165, 1.54) is 0 Å². The van der Waals surface area contributed by atoms with E-state index in [1.54, 1.807) is 29.4 Å². The van der Waals surface area contributed by atoms with Gasteiger partial charge in [0, 0.05) is 18.3 Å². The number of aromatic nitrogens is 1. The zero-order chi connectivity index (χ0) is 16.4. The predicted octanol–water partition coefficient (Wildman–Crippen LogP) is 2.70. The van der Waals surface area contributed by atoms with E-state index in [0.29, 0.717) is 17.8 Å². The smallest absolute Gasteiger partial charge is 0.255 e. The fourth-order valence-corrected chi connectivity index (χ4v) is 2.96. The first kappa shape index (κ1) is 15.2. The van der Waals surface area contributed by atoms with Gasteiger partial charge in [0.25, 0.3) is 5.91 Å². The Balaban J connectivity index is 1.83. The number of anilines is 1. The Morgan fingerprint density at radius 3 is 2.65 bits per heavy atom. The molecule has 0 fully saturated rings. The first-order valence-electron chi connectivity index (χ1n) is 7.67. The van der Waals surface area contributed by atoms with Crippen molar-refractivity contribution >= 4 is 17.5 Å². The standard InChI is InChI=1S/C18H19N3O2/c1-12(2)16(17(22)20-14-7-5-9-19-10-14)21-11-13-6-3-4-8-15(13)18(21)23/h3-10,12,16H,11H2,1-2H3,(H,20,22). The molecule has 1 aromatic heterocycles. The highest BCUT2D eigenvalue weighted by molar-refractivity contribution is 6.03. The lowest BCUT2D eigenvalue weighted by Crippen LogP contribution is -2.47. The molecule has 0 aliphatic carbocycles. The number of fused-ring (bicyclic) bond motifs is 1. The first-order chi connectivity index (χ1) is 11.1. The van der Waals surface area contributed by atoms with Gasteiger partial charge in [0.05, 0.1) is 11.9 Å².